The first-order valence-corrected chi connectivity index (χ1v) is 18.9. The Kier molecular flexibility index (Phi) is 9.14. The normalized spacial score (nSPS) is 12.3. The second kappa shape index (κ2) is 11.2. The van der Waals surface area contributed by atoms with Gasteiger partial charge >= 0.3 is 37.9 Å². The van der Waals surface area contributed by atoms with E-state index in [9.17, 15) is 0 Å². The molecule has 3 heteroatoms. The predicted molar refractivity (Wildman–Crippen MR) is 158 cm³/mol. The van der Waals surface area contributed by atoms with Crippen LogP contribution in [0.2, 0.25) is 0 Å². The van der Waals surface area contributed by atoms with Crippen molar-refractivity contribution in [3.8, 4) is 22.3 Å². The topological polar surface area (TPSA) is 0 Å². The molecule has 0 spiro atoms. The molecule has 4 aromatic rings. The molecule has 0 unspecified atom stereocenters. The van der Waals surface area contributed by atoms with Crippen LogP contribution in [0.25, 0.3) is 33.0 Å². The molecule has 0 fully saturated rings. The number of hydrogen-bond donors (Lipinski definition) is 0. The average Bonchev–Trinajstić information content (AvgIpc) is 3.23. The Morgan fingerprint density at radius 3 is 1.61 bits per heavy atom. The van der Waals surface area contributed by atoms with E-state index in [-0.39, 0.29) is 16.2 Å². The molecule has 190 valence electrons. The second-order valence-electron chi connectivity index (χ2n) is 12.7. The van der Waals surface area contributed by atoms with Crippen LogP contribution in [-0.2, 0) is 37.1 Å². The Morgan fingerprint density at radius 1 is 0.611 bits per heavy atom. The van der Waals surface area contributed by atoms with E-state index in [0.717, 1.165) is 0 Å². The van der Waals surface area contributed by atoms with Gasteiger partial charge in [0, 0.05) is 0 Å². The fourth-order valence-electron chi connectivity index (χ4n) is 4.52. The first-order chi connectivity index (χ1) is 16.7. The third-order valence-corrected chi connectivity index (χ3v) is 6.79. The Balaban J connectivity index is 0.00000115. The van der Waals surface area contributed by atoms with Gasteiger partial charge in [0.15, 0.2) is 0 Å². The summed E-state index contributed by atoms with van der Waals surface area (Å²) in [5.74, 6) is 0. The van der Waals surface area contributed by atoms with Crippen LogP contribution < -0.4 is 0 Å². The van der Waals surface area contributed by atoms with Crippen LogP contribution in [0.3, 0.4) is 0 Å². The van der Waals surface area contributed by atoms with Crippen molar-refractivity contribution in [1.82, 2.24) is 0 Å². The third-order valence-electron chi connectivity index (χ3n) is 6.79. The van der Waals surface area contributed by atoms with Gasteiger partial charge < -0.3 is 0 Å². The molecule has 36 heavy (non-hydrogen) atoms. The molecule has 0 nitrogen and oxygen atoms in total. The van der Waals surface area contributed by atoms with Gasteiger partial charge in [-0.2, -0.15) is 6.07 Å². The molecule has 0 aliphatic heterocycles. The third kappa shape index (κ3) is 6.78. The minimum absolute atomic E-state index is 0.0827. The molecule has 0 aliphatic rings. The van der Waals surface area contributed by atoms with Crippen molar-refractivity contribution < 1.29 is 20.8 Å². The predicted octanol–water partition coefficient (Wildman–Crippen LogP) is 11.2. The zero-order valence-electron chi connectivity index (χ0n) is 23.2. The number of halogens is 2. The van der Waals surface area contributed by atoms with Gasteiger partial charge in [-0.05, 0) is 44.1 Å². The van der Waals surface area contributed by atoms with E-state index in [4.69, 9.17) is 17.0 Å². The molecule has 4 rings (SSSR count). The van der Waals surface area contributed by atoms with Gasteiger partial charge in [-0.1, -0.05) is 122 Å². The molecule has 0 amide bonds. The molecule has 0 radical (unpaired) electrons. The van der Waals surface area contributed by atoms with Crippen molar-refractivity contribution >= 4 is 27.8 Å². The van der Waals surface area contributed by atoms with E-state index in [1.54, 1.807) is 0 Å². The summed E-state index contributed by atoms with van der Waals surface area (Å²) in [6, 6.07) is 27.5. The average molecular weight is 598 g/mol. The Morgan fingerprint density at radius 2 is 1.14 bits per heavy atom. The van der Waals surface area contributed by atoms with Crippen molar-refractivity contribution in [1.29, 1.82) is 0 Å². The van der Waals surface area contributed by atoms with Crippen molar-refractivity contribution in [2.75, 3.05) is 0 Å². The van der Waals surface area contributed by atoms with Gasteiger partial charge in [0.05, 0.1) is 0 Å². The molecule has 0 bridgehead atoms. The molecule has 0 saturated heterocycles. The zero-order chi connectivity index (χ0) is 26.9. The van der Waals surface area contributed by atoms with Gasteiger partial charge in [0.25, 0.3) is 0 Å². The standard InChI is InChI=1S/C33H39.2ClH.Zr/c1-31(2,3)25-18-24(19-26(20-25)32(4,5)6)30-28(22-13-11-10-12-14-22)16-15-23-17-27(21-29(23)30)33(7,8)9;;;/h10-21H,1-9H3;2*1H;/q-1;;;+2/p-2. The van der Waals surface area contributed by atoms with Gasteiger partial charge in [0.1, 0.15) is 0 Å². The van der Waals surface area contributed by atoms with Crippen LogP contribution in [0.1, 0.15) is 79.0 Å². The van der Waals surface area contributed by atoms with Gasteiger partial charge in [-0.25, -0.2) is 0 Å². The fourth-order valence-corrected chi connectivity index (χ4v) is 4.52. The van der Waals surface area contributed by atoms with Crippen molar-refractivity contribution in [3.63, 3.8) is 0 Å². The maximum atomic E-state index is 4.93. The quantitative estimate of drug-likeness (QED) is 0.202. The molecule has 0 aromatic heterocycles. The fraction of sp³-hybridized carbons (Fsp3) is 0.364. The molecular weight excluding hydrogens is 558 g/mol. The van der Waals surface area contributed by atoms with E-state index < -0.39 is 20.8 Å². The van der Waals surface area contributed by atoms with Gasteiger partial charge in [-0.15, -0.1) is 28.5 Å². The molecule has 0 heterocycles. The molecule has 0 atom stereocenters. The van der Waals surface area contributed by atoms with E-state index >= 15 is 0 Å². The molecule has 0 aliphatic carbocycles. The summed E-state index contributed by atoms with van der Waals surface area (Å²) < 4.78 is 0. The summed E-state index contributed by atoms with van der Waals surface area (Å²) in [5, 5.41) is 2.68. The summed E-state index contributed by atoms with van der Waals surface area (Å²) in [7, 11) is 9.87. The molecule has 0 N–H and O–H groups in total. The van der Waals surface area contributed by atoms with Crippen LogP contribution in [0.15, 0.2) is 72.8 Å². The van der Waals surface area contributed by atoms with Crippen LogP contribution in [0.4, 0.5) is 0 Å². The Hall–Kier alpha value is -1.27. The Bertz CT molecular complexity index is 1280. The summed E-state index contributed by atoms with van der Waals surface area (Å²) in [6.07, 6.45) is 0. The van der Waals surface area contributed by atoms with Gasteiger partial charge in [0.2, 0.25) is 0 Å². The van der Waals surface area contributed by atoms with Crippen molar-refractivity contribution in [2.45, 2.75) is 78.6 Å². The number of rotatable bonds is 2. The number of hydrogen-bond acceptors (Lipinski definition) is 0. The zero-order valence-corrected chi connectivity index (χ0v) is 27.2. The number of fused-ring (bicyclic) bond motifs is 1. The number of benzene rings is 3. The summed E-state index contributed by atoms with van der Waals surface area (Å²) in [6.45, 7) is 20.8. The summed E-state index contributed by atoms with van der Waals surface area (Å²) in [4.78, 5) is 0. The minimum atomic E-state index is -0.826. The van der Waals surface area contributed by atoms with Crippen LogP contribution in [0.5, 0.6) is 0 Å². The van der Waals surface area contributed by atoms with E-state index in [1.807, 2.05) is 0 Å². The first-order valence-electron chi connectivity index (χ1n) is 12.6. The molecule has 4 aromatic carbocycles. The molecule has 0 saturated carbocycles. The van der Waals surface area contributed by atoms with E-state index in [2.05, 4.69) is 135 Å². The summed E-state index contributed by atoms with van der Waals surface area (Å²) >= 11 is -0.826. The van der Waals surface area contributed by atoms with Crippen molar-refractivity contribution in [2.24, 2.45) is 0 Å². The van der Waals surface area contributed by atoms with Crippen LogP contribution in [-0.4, -0.2) is 0 Å². The molecular formula is C33H39Cl2Zr-. The maximum absolute atomic E-state index is 4.93. The van der Waals surface area contributed by atoms with E-state index in [1.165, 1.54) is 49.7 Å². The first kappa shape index (κ1) is 29.3. The SMILES string of the molecule is CC(C)(C)c1cc(-c2c(-c3ccccc3)ccc3[cH-]c(C(C)(C)C)cc23)cc(C(C)(C)C)c1.[Cl][Zr][Cl]. The van der Waals surface area contributed by atoms with Crippen LogP contribution in [0, 0.1) is 0 Å². The van der Waals surface area contributed by atoms with Crippen molar-refractivity contribution in [3.05, 3.63) is 89.5 Å². The monoisotopic (exact) mass is 595 g/mol. The Labute approximate surface area is 237 Å². The van der Waals surface area contributed by atoms with E-state index in [0.29, 0.717) is 0 Å². The van der Waals surface area contributed by atoms with Gasteiger partial charge in [-0.3, -0.25) is 0 Å². The second-order valence-corrected chi connectivity index (χ2v) is 16.5. The van der Waals surface area contributed by atoms with Crippen LogP contribution >= 0.6 is 17.0 Å². The summed E-state index contributed by atoms with van der Waals surface area (Å²) in [5.41, 5.74) is 9.71.